The Kier molecular flexibility index (Phi) is 6.84. The third-order valence-corrected chi connectivity index (χ3v) is 6.83. The average molecular weight is 488 g/mol. The van der Waals surface area contributed by atoms with Gasteiger partial charge in [0.1, 0.15) is 12.4 Å². The SMILES string of the molecule is CC(C1CC1)N(CCCc1c[nH]c2ccc(F)cc12)C1=Cc2c(C(N)=O)ccc(F)c2OC1.Cl. The second-order valence-corrected chi connectivity index (χ2v) is 9.01. The van der Waals surface area contributed by atoms with Crippen molar-refractivity contribution in [2.24, 2.45) is 11.7 Å². The van der Waals surface area contributed by atoms with Gasteiger partial charge in [-0.2, -0.15) is 0 Å². The first kappa shape index (κ1) is 24.1. The van der Waals surface area contributed by atoms with Crippen LogP contribution in [0.5, 0.6) is 5.75 Å². The van der Waals surface area contributed by atoms with Crippen LogP contribution in [-0.2, 0) is 6.42 Å². The highest BCUT2D eigenvalue weighted by Crippen LogP contribution is 2.39. The fourth-order valence-electron chi connectivity index (χ4n) is 4.84. The van der Waals surface area contributed by atoms with Crippen molar-refractivity contribution in [3.63, 3.8) is 0 Å². The molecule has 2 heterocycles. The maximum absolute atomic E-state index is 14.3. The maximum Gasteiger partial charge on any atom is 0.249 e. The quantitative estimate of drug-likeness (QED) is 0.445. The molecular weight excluding hydrogens is 460 g/mol. The maximum atomic E-state index is 14.3. The number of aromatic nitrogens is 1. The summed E-state index contributed by atoms with van der Waals surface area (Å²) in [6.07, 6.45) is 7.82. The molecule has 3 aromatic rings. The minimum Gasteiger partial charge on any atom is -0.484 e. The highest BCUT2D eigenvalue weighted by atomic mass is 35.5. The van der Waals surface area contributed by atoms with Gasteiger partial charge in [-0.05, 0) is 80.5 Å². The fraction of sp³-hybridized carbons (Fsp3) is 0.346. The highest BCUT2D eigenvalue weighted by molar-refractivity contribution is 5.98. The molecule has 1 aromatic heterocycles. The predicted octanol–water partition coefficient (Wildman–Crippen LogP) is 5.43. The molecule has 3 N–H and O–H groups in total. The van der Waals surface area contributed by atoms with E-state index < -0.39 is 11.7 Å². The molecule has 0 radical (unpaired) electrons. The van der Waals surface area contributed by atoms with Gasteiger partial charge in [-0.25, -0.2) is 8.78 Å². The molecule has 5 rings (SSSR count). The van der Waals surface area contributed by atoms with E-state index in [1.807, 2.05) is 12.3 Å². The Balaban J connectivity index is 0.00000274. The molecule has 34 heavy (non-hydrogen) atoms. The largest absolute Gasteiger partial charge is 0.484 e. The van der Waals surface area contributed by atoms with Gasteiger partial charge in [0.05, 0.1) is 11.3 Å². The number of nitrogens with two attached hydrogens (primary N) is 1. The number of rotatable bonds is 8. The van der Waals surface area contributed by atoms with Crippen LogP contribution in [0.25, 0.3) is 17.0 Å². The Morgan fingerprint density at radius 1 is 1.26 bits per heavy atom. The lowest BCUT2D eigenvalue weighted by molar-refractivity contribution is 0.0999. The minimum atomic E-state index is -0.610. The van der Waals surface area contributed by atoms with Crippen molar-refractivity contribution in [3.8, 4) is 5.75 Å². The number of nitrogens with zero attached hydrogens (tertiary/aromatic N) is 1. The summed E-state index contributed by atoms with van der Waals surface area (Å²) in [5, 5.41) is 0.910. The molecule has 1 fully saturated rings. The first-order valence-electron chi connectivity index (χ1n) is 11.4. The molecule has 0 spiro atoms. The number of hydrogen-bond acceptors (Lipinski definition) is 3. The van der Waals surface area contributed by atoms with Gasteiger partial charge in [0.25, 0.3) is 0 Å². The van der Waals surface area contributed by atoms with Crippen molar-refractivity contribution in [1.29, 1.82) is 0 Å². The molecule has 1 aliphatic carbocycles. The van der Waals surface area contributed by atoms with Crippen LogP contribution in [0, 0.1) is 17.6 Å². The molecule has 2 aromatic carbocycles. The number of H-pyrrole nitrogens is 1. The molecule has 8 heteroatoms. The molecule has 1 amide bonds. The summed E-state index contributed by atoms with van der Waals surface area (Å²) >= 11 is 0. The predicted molar refractivity (Wildman–Crippen MR) is 131 cm³/mol. The Labute approximate surface area is 203 Å². The van der Waals surface area contributed by atoms with E-state index >= 15 is 0 Å². The number of aromatic amines is 1. The fourth-order valence-corrected chi connectivity index (χ4v) is 4.84. The third kappa shape index (κ3) is 4.62. The number of aryl methyl sites for hydroxylation is 1. The van der Waals surface area contributed by atoms with E-state index in [9.17, 15) is 13.6 Å². The average Bonchev–Trinajstić information content (AvgIpc) is 3.58. The van der Waals surface area contributed by atoms with Crippen LogP contribution in [0.15, 0.2) is 42.2 Å². The van der Waals surface area contributed by atoms with Crippen molar-refractivity contribution in [1.82, 2.24) is 9.88 Å². The van der Waals surface area contributed by atoms with E-state index in [1.54, 1.807) is 12.1 Å². The Bertz CT molecular complexity index is 1250. The van der Waals surface area contributed by atoms with Gasteiger partial charge in [0.2, 0.25) is 5.91 Å². The van der Waals surface area contributed by atoms with Crippen LogP contribution >= 0.6 is 12.4 Å². The minimum absolute atomic E-state index is 0. The van der Waals surface area contributed by atoms with Crippen molar-refractivity contribution in [2.45, 2.75) is 38.6 Å². The third-order valence-electron chi connectivity index (χ3n) is 6.83. The van der Waals surface area contributed by atoms with Crippen molar-refractivity contribution in [3.05, 3.63) is 70.6 Å². The molecule has 1 atom stereocenters. The first-order valence-corrected chi connectivity index (χ1v) is 11.4. The lowest BCUT2D eigenvalue weighted by atomic mass is 10.0. The number of ether oxygens (including phenoxy) is 1. The van der Waals surface area contributed by atoms with Crippen LogP contribution in [0.4, 0.5) is 8.78 Å². The van der Waals surface area contributed by atoms with Crippen molar-refractivity contribution in [2.75, 3.05) is 13.2 Å². The molecule has 0 bridgehead atoms. The smallest absolute Gasteiger partial charge is 0.249 e. The lowest BCUT2D eigenvalue weighted by Gasteiger charge is -2.35. The summed E-state index contributed by atoms with van der Waals surface area (Å²) in [5.41, 5.74) is 9.12. The van der Waals surface area contributed by atoms with Crippen LogP contribution in [0.3, 0.4) is 0 Å². The Morgan fingerprint density at radius 2 is 2.06 bits per heavy atom. The summed E-state index contributed by atoms with van der Waals surface area (Å²) in [4.78, 5) is 17.4. The van der Waals surface area contributed by atoms with Crippen LogP contribution in [0.2, 0.25) is 0 Å². The van der Waals surface area contributed by atoms with E-state index in [0.717, 1.165) is 41.5 Å². The lowest BCUT2D eigenvalue weighted by Crippen LogP contribution is -2.38. The Hall–Kier alpha value is -3.06. The molecule has 5 nitrogen and oxygen atoms in total. The topological polar surface area (TPSA) is 71.3 Å². The molecule has 1 unspecified atom stereocenters. The second kappa shape index (κ2) is 9.66. The summed E-state index contributed by atoms with van der Waals surface area (Å²) in [6.45, 7) is 3.21. The number of nitrogens with one attached hydrogen (secondary N) is 1. The van der Waals surface area contributed by atoms with Crippen LogP contribution in [-0.4, -0.2) is 35.0 Å². The highest BCUT2D eigenvalue weighted by Gasteiger charge is 2.34. The van der Waals surface area contributed by atoms with E-state index in [4.69, 9.17) is 10.5 Å². The molecule has 0 saturated heterocycles. The molecule has 1 saturated carbocycles. The number of carbonyl (C=O) groups is 1. The normalized spacial score (nSPS) is 15.7. The summed E-state index contributed by atoms with van der Waals surface area (Å²) in [5.74, 6) is -0.667. The van der Waals surface area contributed by atoms with E-state index in [0.29, 0.717) is 17.5 Å². The molecule has 2 aliphatic rings. The molecular formula is C26H28ClF2N3O2. The number of carbonyl (C=O) groups excluding carboxylic acids is 1. The van der Waals surface area contributed by atoms with Crippen LogP contribution < -0.4 is 10.5 Å². The molecule has 1 aliphatic heterocycles. The monoisotopic (exact) mass is 487 g/mol. The van der Waals surface area contributed by atoms with E-state index in [2.05, 4.69) is 16.8 Å². The van der Waals surface area contributed by atoms with Crippen molar-refractivity contribution >= 4 is 35.3 Å². The van der Waals surface area contributed by atoms with Gasteiger partial charge in [-0.3, -0.25) is 4.79 Å². The van der Waals surface area contributed by atoms with Gasteiger partial charge in [-0.15, -0.1) is 12.4 Å². The summed E-state index contributed by atoms with van der Waals surface area (Å²) < 4.78 is 33.8. The van der Waals surface area contributed by atoms with Gasteiger partial charge >= 0.3 is 0 Å². The van der Waals surface area contributed by atoms with E-state index in [1.165, 1.54) is 31.0 Å². The number of hydrogen-bond donors (Lipinski definition) is 2. The zero-order chi connectivity index (χ0) is 23.1. The summed E-state index contributed by atoms with van der Waals surface area (Å²) in [6, 6.07) is 7.70. The zero-order valence-corrected chi connectivity index (χ0v) is 19.8. The number of amides is 1. The first-order chi connectivity index (χ1) is 15.9. The molecule has 180 valence electrons. The van der Waals surface area contributed by atoms with Crippen LogP contribution in [0.1, 0.15) is 47.7 Å². The second-order valence-electron chi connectivity index (χ2n) is 9.01. The number of primary amides is 1. The standard InChI is InChI=1S/C26H27F2N3O2.ClH/c1-15(16-4-5-16)31(10-2-3-17-13-30-24-9-6-18(27)11-21(17)24)19-12-22-20(26(29)32)7-8-23(28)25(22)33-14-19;/h6-9,11-13,15-16,30H,2-5,10,14H2,1H3,(H2,29,32);1H. The Morgan fingerprint density at radius 3 is 2.79 bits per heavy atom. The van der Waals surface area contributed by atoms with Gasteiger partial charge < -0.3 is 20.4 Å². The van der Waals surface area contributed by atoms with Crippen molar-refractivity contribution < 1.29 is 18.3 Å². The summed E-state index contributed by atoms with van der Waals surface area (Å²) in [7, 11) is 0. The van der Waals surface area contributed by atoms with Gasteiger partial charge in [0, 0.05) is 35.2 Å². The van der Waals surface area contributed by atoms with Gasteiger partial charge in [-0.1, -0.05) is 0 Å². The number of benzene rings is 2. The number of fused-ring (bicyclic) bond motifs is 2. The van der Waals surface area contributed by atoms with Gasteiger partial charge in [0.15, 0.2) is 11.6 Å². The number of halogens is 3. The zero-order valence-electron chi connectivity index (χ0n) is 18.9. The van der Waals surface area contributed by atoms with E-state index in [-0.39, 0.29) is 36.1 Å².